The van der Waals surface area contributed by atoms with Crippen molar-refractivity contribution < 1.29 is 4.79 Å². The molecule has 2 heterocycles. The largest absolute Gasteiger partial charge is 0.372 e. The summed E-state index contributed by atoms with van der Waals surface area (Å²) in [5, 5.41) is 2.81. The van der Waals surface area contributed by atoms with E-state index in [4.69, 9.17) is 0 Å². The fraction of sp³-hybridized carbons (Fsp3) is 0.286. The molecule has 5 heteroatoms. The number of H-pyrrole nitrogens is 1. The van der Waals surface area contributed by atoms with E-state index in [0.29, 0.717) is 5.82 Å². The molecule has 19 heavy (non-hydrogen) atoms. The number of anilines is 2. The van der Waals surface area contributed by atoms with Crippen LogP contribution < -0.4 is 10.2 Å². The molecule has 0 spiro atoms. The van der Waals surface area contributed by atoms with E-state index in [-0.39, 0.29) is 5.91 Å². The van der Waals surface area contributed by atoms with E-state index in [1.807, 2.05) is 24.3 Å². The van der Waals surface area contributed by atoms with E-state index in [2.05, 4.69) is 20.2 Å². The standard InChI is InChI=1S/C14H16N4O/c19-14(13-15-7-8-16-13)17-11-3-5-12(6-4-11)18-9-1-2-10-18/h3-8H,1-2,9-10H2,(H,15,16)(H,17,19). The number of hydrogen-bond acceptors (Lipinski definition) is 3. The highest BCUT2D eigenvalue weighted by Crippen LogP contribution is 2.22. The Labute approximate surface area is 111 Å². The van der Waals surface area contributed by atoms with Crippen molar-refractivity contribution in [2.24, 2.45) is 0 Å². The number of nitrogens with one attached hydrogen (secondary N) is 2. The SMILES string of the molecule is O=C(Nc1ccc(N2CCCC2)cc1)c1ncc[nH]1. The Bertz CT molecular complexity index is 541. The first-order valence-corrected chi connectivity index (χ1v) is 6.49. The third kappa shape index (κ3) is 2.59. The van der Waals surface area contributed by atoms with Crippen LogP contribution in [0.1, 0.15) is 23.5 Å². The third-order valence-electron chi connectivity index (χ3n) is 3.31. The Hall–Kier alpha value is -2.30. The van der Waals surface area contributed by atoms with Crippen LogP contribution in [0.5, 0.6) is 0 Å². The maximum atomic E-state index is 11.8. The first-order chi connectivity index (χ1) is 9.33. The molecule has 3 rings (SSSR count). The van der Waals surface area contributed by atoms with Gasteiger partial charge in [-0.15, -0.1) is 0 Å². The van der Waals surface area contributed by atoms with Crippen molar-refractivity contribution in [2.75, 3.05) is 23.3 Å². The molecule has 1 saturated heterocycles. The summed E-state index contributed by atoms with van der Waals surface area (Å²) in [5.74, 6) is 0.0996. The second-order valence-corrected chi connectivity index (χ2v) is 4.63. The maximum absolute atomic E-state index is 11.8. The summed E-state index contributed by atoms with van der Waals surface area (Å²) < 4.78 is 0. The summed E-state index contributed by atoms with van der Waals surface area (Å²) in [4.78, 5) is 20.9. The van der Waals surface area contributed by atoms with E-state index in [0.717, 1.165) is 18.8 Å². The summed E-state index contributed by atoms with van der Waals surface area (Å²) in [5.41, 5.74) is 2.00. The zero-order valence-electron chi connectivity index (χ0n) is 10.6. The molecule has 0 atom stereocenters. The van der Waals surface area contributed by atoms with Crippen LogP contribution in [0.25, 0.3) is 0 Å². The zero-order valence-corrected chi connectivity index (χ0v) is 10.6. The number of carbonyl (C=O) groups is 1. The van der Waals surface area contributed by atoms with Gasteiger partial charge in [-0.1, -0.05) is 0 Å². The number of amides is 1. The molecule has 2 N–H and O–H groups in total. The third-order valence-corrected chi connectivity index (χ3v) is 3.31. The highest BCUT2D eigenvalue weighted by Gasteiger charge is 2.12. The van der Waals surface area contributed by atoms with E-state index in [1.165, 1.54) is 18.5 Å². The van der Waals surface area contributed by atoms with Crippen LogP contribution in [0.15, 0.2) is 36.7 Å². The molecule has 0 bridgehead atoms. The van der Waals surface area contributed by atoms with Crippen molar-refractivity contribution in [2.45, 2.75) is 12.8 Å². The minimum atomic E-state index is -0.223. The van der Waals surface area contributed by atoms with Crippen LogP contribution >= 0.6 is 0 Å². The van der Waals surface area contributed by atoms with Crippen LogP contribution in [0, 0.1) is 0 Å². The van der Waals surface area contributed by atoms with Gasteiger partial charge in [0.2, 0.25) is 0 Å². The van der Waals surface area contributed by atoms with Crippen molar-refractivity contribution in [3.8, 4) is 0 Å². The van der Waals surface area contributed by atoms with E-state index < -0.39 is 0 Å². The van der Waals surface area contributed by atoms with Crippen molar-refractivity contribution in [3.63, 3.8) is 0 Å². The molecule has 1 amide bonds. The number of imidazole rings is 1. The molecule has 98 valence electrons. The Morgan fingerprint density at radius 1 is 1.21 bits per heavy atom. The molecule has 0 radical (unpaired) electrons. The fourth-order valence-electron chi connectivity index (χ4n) is 2.31. The lowest BCUT2D eigenvalue weighted by atomic mass is 10.2. The number of benzene rings is 1. The quantitative estimate of drug-likeness (QED) is 0.885. The van der Waals surface area contributed by atoms with Crippen LogP contribution in [0.2, 0.25) is 0 Å². The molecule has 1 aromatic carbocycles. The van der Waals surface area contributed by atoms with Gasteiger partial charge in [-0.05, 0) is 37.1 Å². The zero-order chi connectivity index (χ0) is 13.1. The van der Waals surface area contributed by atoms with Gasteiger partial charge in [0, 0.05) is 36.9 Å². The number of hydrogen-bond donors (Lipinski definition) is 2. The molecule has 0 unspecified atom stereocenters. The molecule has 0 saturated carbocycles. The molecule has 1 aliphatic rings. The Morgan fingerprint density at radius 3 is 2.58 bits per heavy atom. The average Bonchev–Trinajstić information content (AvgIpc) is 3.13. The van der Waals surface area contributed by atoms with E-state index >= 15 is 0 Å². The second-order valence-electron chi connectivity index (χ2n) is 4.63. The first kappa shape index (κ1) is 11.8. The number of rotatable bonds is 3. The van der Waals surface area contributed by atoms with Gasteiger partial charge < -0.3 is 15.2 Å². The van der Waals surface area contributed by atoms with Gasteiger partial charge in [-0.25, -0.2) is 4.98 Å². The molecule has 5 nitrogen and oxygen atoms in total. The molecular formula is C14H16N4O. The Kier molecular flexibility index (Phi) is 3.18. The van der Waals surface area contributed by atoms with Gasteiger partial charge in [-0.3, -0.25) is 4.79 Å². The van der Waals surface area contributed by atoms with E-state index in [9.17, 15) is 4.79 Å². The molecule has 2 aromatic rings. The topological polar surface area (TPSA) is 61.0 Å². The van der Waals surface area contributed by atoms with Crippen LogP contribution in [0.4, 0.5) is 11.4 Å². The highest BCUT2D eigenvalue weighted by atomic mass is 16.2. The predicted molar refractivity (Wildman–Crippen MR) is 74.4 cm³/mol. The average molecular weight is 256 g/mol. The number of nitrogens with zero attached hydrogens (tertiary/aromatic N) is 2. The first-order valence-electron chi connectivity index (χ1n) is 6.49. The van der Waals surface area contributed by atoms with Gasteiger partial charge in [0.25, 0.3) is 5.91 Å². The van der Waals surface area contributed by atoms with Gasteiger partial charge in [0.05, 0.1) is 0 Å². The Morgan fingerprint density at radius 2 is 1.95 bits per heavy atom. The number of carbonyl (C=O) groups excluding carboxylic acids is 1. The molecule has 1 aromatic heterocycles. The van der Waals surface area contributed by atoms with Gasteiger partial charge in [0.1, 0.15) is 0 Å². The maximum Gasteiger partial charge on any atom is 0.291 e. The van der Waals surface area contributed by atoms with Crippen molar-refractivity contribution in [1.82, 2.24) is 9.97 Å². The fourth-order valence-corrected chi connectivity index (χ4v) is 2.31. The minimum absolute atomic E-state index is 0.223. The van der Waals surface area contributed by atoms with Crippen LogP contribution in [-0.2, 0) is 0 Å². The lowest BCUT2D eigenvalue weighted by Gasteiger charge is -2.17. The number of aromatic nitrogens is 2. The van der Waals surface area contributed by atoms with Gasteiger partial charge >= 0.3 is 0 Å². The lowest BCUT2D eigenvalue weighted by Crippen LogP contribution is -2.17. The van der Waals surface area contributed by atoms with Crippen molar-refractivity contribution in [3.05, 3.63) is 42.5 Å². The van der Waals surface area contributed by atoms with Gasteiger partial charge in [0.15, 0.2) is 5.82 Å². The second kappa shape index (κ2) is 5.14. The van der Waals surface area contributed by atoms with Crippen molar-refractivity contribution >= 4 is 17.3 Å². The minimum Gasteiger partial charge on any atom is -0.372 e. The van der Waals surface area contributed by atoms with Gasteiger partial charge in [-0.2, -0.15) is 0 Å². The Balaban J connectivity index is 1.67. The highest BCUT2D eigenvalue weighted by molar-refractivity contribution is 6.01. The summed E-state index contributed by atoms with van der Waals surface area (Å²) in [6, 6.07) is 7.94. The smallest absolute Gasteiger partial charge is 0.291 e. The molecule has 1 aliphatic heterocycles. The lowest BCUT2D eigenvalue weighted by molar-refractivity contribution is 0.101. The predicted octanol–water partition coefficient (Wildman–Crippen LogP) is 2.26. The van der Waals surface area contributed by atoms with E-state index in [1.54, 1.807) is 12.4 Å². The molecule has 0 aliphatic carbocycles. The molecule has 1 fully saturated rings. The number of aromatic amines is 1. The summed E-state index contributed by atoms with van der Waals surface area (Å²) in [6.45, 7) is 2.25. The summed E-state index contributed by atoms with van der Waals surface area (Å²) in [6.07, 6.45) is 5.71. The van der Waals surface area contributed by atoms with Crippen molar-refractivity contribution in [1.29, 1.82) is 0 Å². The molecular weight excluding hydrogens is 240 g/mol. The summed E-state index contributed by atoms with van der Waals surface area (Å²) >= 11 is 0. The summed E-state index contributed by atoms with van der Waals surface area (Å²) in [7, 11) is 0. The normalized spacial score (nSPS) is 14.6. The monoisotopic (exact) mass is 256 g/mol. The van der Waals surface area contributed by atoms with Crippen LogP contribution in [0.3, 0.4) is 0 Å². The van der Waals surface area contributed by atoms with Crippen LogP contribution in [-0.4, -0.2) is 29.0 Å².